The van der Waals surface area contributed by atoms with Crippen LogP contribution in [0.4, 0.5) is 26.7 Å². The van der Waals surface area contributed by atoms with Crippen LogP contribution in [0, 0.1) is 5.92 Å². The van der Waals surface area contributed by atoms with Crippen LogP contribution in [0.2, 0.25) is 0 Å². The Morgan fingerprint density at radius 3 is 2.20 bits per heavy atom. The zero-order valence-electron chi connectivity index (χ0n) is 14.1. The fraction of sp³-hybridized carbons (Fsp3) is 0.923. The Morgan fingerprint density at radius 2 is 1.76 bits per heavy atom. The van der Waals surface area contributed by atoms with Crippen molar-refractivity contribution in [2.45, 2.75) is 37.1 Å². The first-order chi connectivity index (χ1) is 11.2. The number of nitrogens with zero attached hydrogens (tertiary/aromatic N) is 2. The fourth-order valence-electron chi connectivity index (χ4n) is 2.53. The monoisotopic (exact) mass is 395 g/mol. The molecule has 0 aromatic rings. The van der Waals surface area contributed by atoms with Crippen molar-refractivity contribution >= 4 is 16.1 Å². The maximum Gasteiger partial charge on any atom is 0.394 e. The van der Waals surface area contributed by atoms with E-state index in [4.69, 9.17) is 0 Å². The van der Waals surface area contributed by atoms with E-state index in [-0.39, 0.29) is 13.0 Å². The van der Waals surface area contributed by atoms with E-state index < -0.39 is 58.8 Å². The summed E-state index contributed by atoms with van der Waals surface area (Å²) in [5.41, 5.74) is 0. The molecule has 0 spiro atoms. The second-order valence-electron chi connectivity index (χ2n) is 6.32. The van der Waals surface area contributed by atoms with Gasteiger partial charge in [0.05, 0.1) is 5.92 Å². The van der Waals surface area contributed by atoms with E-state index in [0.29, 0.717) is 4.31 Å². The van der Waals surface area contributed by atoms with E-state index in [1.54, 1.807) is 0 Å². The Bertz CT molecular complexity index is 574. The fourth-order valence-corrected chi connectivity index (χ4v) is 4.10. The molecule has 1 aliphatic heterocycles. The Hall–Kier alpha value is -1.17. The predicted octanol–water partition coefficient (Wildman–Crippen LogP) is 1.89. The molecule has 1 aliphatic rings. The van der Waals surface area contributed by atoms with Crippen LogP contribution >= 0.6 is 0 Å². The highest BCUT2D eigenvalue weighted by Crippen LogP contribution is 2.37. The van der Waals surface area contributed by atoms with Crippen molar-refractivity contribution in [2.75, 3.05) is 33.7 Å². The molecule has 0 aromatic heterocycles. The van der Waals surface area contributed by atoms with Gasteiger partial charge < -0.3 is 10.2 Å². The normalized spacial score (nSPS) is 22.5. The molecule has 0 bridgehead atoms. The molecular formula is C13H22F5N3O3S. The Morgan fingerprint density at radius 1 is 1.20 bits per heavy atom. The van der Waals surface area contributed by atoms with Gasteiger partial charge in [0.2, 0.25) is 15.9 Å². The first kappa shape index (κ1) is 21.9. The van der Waals surface area contributed by atoms with Gasteiger partial charge in [-0.15, -0.1) is 0 Å². The van der Waals surface area contributed by atoms with Gasteiger partial charge in [0.25, 0.3) is 0 Å². The van der Waals surface area contributed by atoms with Crippen LogP contribution in [-0.2, 0) is 10.0 Å². The summed E-state index contributed by atoms with van der Waals surface area (Å²) in [6.07, 6.45) is -5.31. The van der Waals surface area contributed by atoms with Crippen LogP contribution in [0.3, 0.4) is 0 Å². The van der Waals surface area contributed by atoms with Gasteiger partial charge in [0.15, 0.2) is 0 Å². The summed E-state index contributed by atoms with van der Waals surface area (Å²) in [5, 5.41) is 0.450. The quantitative estimate of drug-likeness (QED) is 0.552. The SMILES string of the molecule is CN(C)S(=O)(=O)[C@@H]1CN(C(=O)NCCCC(C)(F)F)C[C@H]1C(F)(F)F. The summed E-state index contributed by atoms with van der Waals surface area (Å²) in [5.74, 6) is -5.10. The Kier molecular flexibility index (Phi) is 6.65. The van der Waals surface area contributed by atoms with Crippen LogP contribution in [0.5, 0.6) is 0 Å². The highest BCUT2D eigenvalue weighted by Gasteiger charge is 2.55. The number of rotatable bonds is 6. The summed E-state index contributed by atoms with van der Waals surface area (Å²) < 4.78 is 89.7. The molecule has 1 heterocycles. The zero-order valence-corrected chi connectivity index (χ0v) is 14.9. The maximum absolute atomic E-state index is 13.2. The second-order valence-corrected chi connectivity index (χ2v) is 8.69. The summed E-state index contributed by atoms with van der Waals surface area (Å²) in [6.45, 7) is -0.821. The number of carbonyl (C=O) groups excluding carboxylic acids is 1. The number of sulfonamides is 1. The molecule has 0 radical (unpaired) electrons. The van der Waals surface area contributed by atoms with Gasteiger partial charge in [0.1, 0.15) is 5.25 Å². The van der Waals surface area contributed by atoms with Crippen molar-refractivity contribution in [2.24, 2.45) is 5.92 Å². The highest BCUT2D eigenvalue weighted by molar-refractivity contribution is 7.89. The third-order valence-electron chi connectivity index (χ3n) is 3.93. The van der Waals surface area contributed by atoms with Gasteiger partial charge in [-0.1, -0.05) is 0 Å². The van der Waals surface area contributed by atoms with Crippen molar-refractivity contribution in [3.8, 4) is 0 Å². The molecular weight excluding hydrogens is 373 g/mol. The van der Waals surface area contributed by atoms with Crippen molar-refractivity contribution in [1.82, 2.24) is 14.5 Å². The first-order valence-electron chi connectivity index (χ1n) is 7.55. The van der Waals surface area contributed by atoms with E-state index in [1.165, 1.54) is 0 Å². The molecule has 2 atom stereocenters. The smallest absolute Gasteiger partial charge is 0.338 e. The predicted molar refractivity (Wildman–Crippen MR) is 80.8 cm³/mol. The van der Waals surface area contributed by atoms with Gasteiger partial charge in [-0.2, -0.15) is 13.2 Å². The summed E-state index contributed by atoms with van der Waals surface area (Å²) in [6, 6.07) is -0.898. The average molecular weight is 395 g/mol. The molecule has 1 N–H and O–H groups in total. The number of likely N-dealkylation sites (tertiary alicyclic amines) is 1. The topological polar surface area (TPSA) is 69.7 Å². The molecule has 1 fully saturated rings. The average Bonchev–Trinajstić information content (AvgIpc) is 2.88. The molecule has 1 rings (SSSR count). The maximum atomic E-state index is 13.2. The third-order valence-corrected chi connectivity index (χ3v) is 6.19. The molecule has 148 valence electrons. The first-order valence-corrected chi connectivity index (χ1v) is 9.05. The number of alkyl halides is 5. The standard InChI is InChI=1S/C13H22F5N3O3S/c1-12(14,15)5-4-6-19-11(22)21-7-9(13(16,17)18)10(8-21)25(23,24)20(2)3/h9-10H,4-8H2,1-3H3,(H,19,22)/t9-,10-/m1/s1. The molecule has 12 heteroatoms. The van der Waals surface area contributed by atoms with Crippen LogP contribution in [0.25, 0.3) is 0 Å². The van der Waals surface area contributed by atoms with E-state index in [1.807, 2.05) is 0 Å². The number of hydrogen-bond donors (Lipinski definition) is 1. The van der Waals surface area contributed by atoms with Crippen molar-refractivity contribution in [3.63, 3.8) is 0 Å². The zero-order chi connectivity index (χ0) is 19.6. The van der Waals surface area contributed by atoms with Gasteiger partial charge in [-0.05, 0) is 13.3 Å². The molecule has 25 heavy (non-hydrogen) atoms. The van der Waals surface area contributed by atoms with Crippen molar-refractivity contribution in [1.29, 1.82) is 0 Å². The lowest BCUT2D eigenvalue weighted by Crippen LogP contribution is -2.43. The minimum absolute atomic E-state index is 0.0504. The van der Waals surface area contributed by atoms with Gasteiger partial charge in [-0.25, -0.2) is 26.3 Å². The number of carbonyl (C=O) groups is 1. The molecule has 1 saturated heterocycles. The Labute approximate surface area is 143 Å². The second kappa shape index (κ2) is 7.60. The van der Waals surface area contributed by atoms with E-state index in [2.05, 4.69) is 5.32 Å². The lowest BCUT2D eigenvalue weighted by Gasteiger charge is -2.23. The van der Waals surface area contributed by atoms with Gasteiger partial charge in [0, 0.05) is 40.2 Å². The van der Waals surface area contributed by atoms with Crippen LogP contribution in [0.15, 0.2) is 0 Å². The molecule has 0 saturated carbocycles. The molecule has 0 unspecified atom stereocenters. The van der Waals surface area contributed by atoms with Crippen molar-refractivity contribution < 1.29 is 35.2 Å². The van der Waals surface area contributed by atoms with Crippen LogP contribution in [-0.4, -0.2) is 74.7 Å². The number of hydrogen-bond acceptors (Lipinski definition) is 3. The third kappa shape index (κ3) is 5.94. The molecule has 6 nitrogen and oxygen atoms in total. The van der Waals surface area contributed by atoms with Gasteiger partial charge >= 0.3 is 12.2 Å². The molecule has 0 aliphatic carbocycles. The number of halogens is 5. The largest absolute Gasteiger partial charge is 0.394 e. The highest BCUT2D eigenvalue weighted by atomic mass is 32.2. The minimum atomic E-state index is -4.78. The molecule has 2 amide bonds. The lowest BCUT2D eigenvalue weighted by atomic mass is 10.1. The summed E-state index contributed by atoms with van der Waals surface area (Å²) >= 11 is 0. The van der Waals surface area contributed by atoms with Crippen molar-refractivity contribution in [3.05, 3.63) is 0 Å². The molecule has 0 aromatic carbocycles. The van der Waals surface area contributed by atoms with Crippen LogP contribution in [0.1, 0.15) is 19.8 Å². The van der Waals surface area contributed by atoms with E-state index in [9.17, 15) is 35.2 Å². The van der Waals surface area contributed by atoms with Gasteiger partial charge in [-0.3, -0.25) is 0 Å². The Balaban J connectivity index is 2.76. The number of nitrogens with one attached hydrogen (secondary N) is 1. The summed E-state index contributed by atoms with van der Waals surface area (Å²) in [4.78, 5) is 12.7. The number of urea groups is 1. The number of amides is 2. The van der Waals surface area contributed by atoms with E-state index >= 15 is 0 Å². The lowest BCUT2D eigenvalue weighted by molar-refractivity contribution is -0.169. The van der Waals surface area contributed by atoms with Crippen LogP contribution < -0.4 is 5.32 Å². The minimum Gasteiger partial charge on any atom is -0.338 e. The summed E-state index contributed by atoms with van der Waals surface area (Å²) in [7, 11) is -1.98. The van der Waals surface area contributed by atoms with E-state index in [0.717, 1.165) is 25.9 Å².